The van der Waals surface area contributed by atoms with Crippen LogP contribution in [0.3, 0.4) is 0 Å². The highest BCUT2D eigenvalue weighted by molar-refractivity contribution is 5.93. The molecule has 0 bridgehead atoms. The Bertz CT molecular complexity index is 980. The minimum absolute atomic E-state index is 0.0582. The van der Waals surface area contributed by atoms with Crippen LogP contribution in [0.15, 0.2) is 48.5 Å². The lowest BCUT2D eigenvalue weighted by molar-refractivity contribution is -0.144. The van der Waals surface area contributed by atoms with E-state index in [1.54, 1.807) is 6.92 Å². The average molecular weight is 456 g/mol. The number of aliphatic carboxylic acids is 1. The molecule has 2 aromatic carbocycles. The maximum Gasteiger partial charge on any atom is 0.408 e. The molecule has 9 nitrogen and oxygen atoms in total. The van der Waals surface area contributed by atoms with Gasteiger partial charge in [-0.05, 0) is 28.7 Å². The minimum Gasteiger partial charge on any atom is -0.480 e. The van der Waals surface area contributed by atoms with E-state index in [0.717, 1.165) is 22.3 Å². The number of carbonyl (C=O) groups excluding carboxylic acids is 2. The molecule has 3 rings (SSSR count). The Balaban J connectivity index is 1.74. The number of benzene rings is 2. The molecule has 2 amide bonds. The molecule has 0 radical (unpaired) electrons. The van der Waals surface area contributed by atoms with Gasteiger partial charge in [0.05, 0.1) is 13.2 Å². The Hall–Kier alpha value is -3.43. The number of carboxylic acids is 1. The van der Waals surface area contributed by atoms with Gasteiger partial charge in [-0.15, -0.1) is 0 Å². The fourth-order valence-electron chi connectivity index (χ4n) is 4.07. The number of methoxy groups -OCH3 is 1. The molecule has 0 aliphatic heterocycles. The van der Waals surface area contributed by atoms with Crippen LogP contribution in [0.4, 0.5) is 4.79 Å². The van der Waals surface area contributed by atoms with Crippen molar-refractivity contribution < 1.29 is 34.1 Å². The van der Waals surface area contributed by atoms with Crippen LogP contribution in [0.2, 0.25) is 0 Å². The number of ether oxygens (including phenoxy) is 2. The molecule has 2 atom stereocenters. The van der Waals surface area contributed by atoms with E-state index in [0.29, 0.717) is 0 Å². The van der Waals surface area contributed by atoms with Crippen molar-refractivity contribution in [3.8, 4) is 11.1 Å². The monoisotopic (exact) mass is 456 g/mol. The Morgan fingerprint density at radius 3 is 2.12 bits per heavy atom. The second-order valence-electron chi connectivity index (χ2n) is 7.87. The number of carboxylic acid groups (broad SMARTS) is 1. The molecule has 2 unspecified atom stereocenters. The summed E-state index contributed by atoms with van der Waals surface area (Å²) in [4.78, 5) is 36.8. The predicted molar refractivity (Wildman–Crippen MR) is 120 cm³/mol. The van der Waals surface area contributed by atoms with Gasteiger partial charge >= 0.3 is 12.1 Å². The fourth-order valence-corrected chi connectivity index (χ4v) is 4.07. The smallest absolute Gasteiger partial charge is 0.408 e. The summed E-state index contributed by atoms with van der Waals surface area (Å²) < 4.78 is 10.6. The second-order valence-corrected chi connectivity index (χ2v) is 7.87. The van der Waals surface area contributed by atoms with Gasteiger partial charge in [0.25, 0.3) is 0 Å². The minimum atomic E-state index is -1.57. The lowest BCUT2D eigenvalue weighted by Crippen LogP contribution is -2.63. The van der Waals surface area contributed by atoms with Crippen LogP contribution >= 0.6 is 0 Å². The molecule has 0 saturated heterocycles. The van der Waals surface area contributed by atoms with Crippen molar-refractivity contribution in [2.75, 3.05) is 26.9 Å². The molecule has 0 aromatic heterocycles. The molecule has 9 heteroatoms. The zero-order chi connectivity index (χ0) is 24.0. The largest absolute Gasteiger partial charge is 0.480 e. The second kappa shape index (κ2) is 10.5. The van der Waals surface area contributed by atoms with Crippen molar-refractivity contribution in [2.45, 2.75) is 30.8 Å². The number of rotatable bonds is 10. The number of nitrogens with one attached hydrogen (secondary N) is 2. The number of alkyl carbamates (subject to hydrolysis) is 1. The first-order valence-electron chi connectivity index (χ1n) is 10.6. The van der Waals surface area contributed by atoms with Crippen molar-refractivity contribution in [1.29, 1.82) is 0 Å². The first kappa shape index (κ1) is 24.2. The van der Waals surface area contributed by atoms with Gasteiger partial charge in [-0.3, -0.25) is 4.79 Å². The summed E-state index contributed by atoms with van der Waals surface area (Å²) >= 11 is 0. The summed E-state index contributed by atoms with van der Waals surface area (Å²) in [5.74, 6) is -2.34. The fraction of sp³-hybridized carbons (Fsp3) is 0.375. The van der Waals surface area contributed by atoms with Crippen molar-refractivity contribution in [2.24, 2.45) is 0 Å². The van der Waals surface area contributed by atoms with Crippen LogP contribution < -0.4 is 10.6 Å². The van der Waals surface area contributed by atoms with Gasteiger partial charge in [-0.25, -0.2) is 9.59 Å². The number of aliphatic hydroxyl groups is 1. The lowest BCUT2D eigenvalue weighted by atomic mass is 9.95. The molecule has 0 spiro atoms. The third-order valence-corrected chi connectivity index (χ3v) is 5.90. The number of carbonyl (C=O) groups is 3. The van der Waals surface area contributed by atoms with Crippen LogP contribution in [0.5, 0.6) is 0 Å². The maximum atomic E-state index is 12.8. The molecule has 1 aliphatic carbocycles. The SMILES string of the molecule is CCC(COC)(NC(=O)OCC1c2ccccc2-c2ccccc21)C(=O)NC(CO)C(=O)O. The van der Waals surface area contributed by atoms with Gasteiger partial charge in [0, 0.05) is 13.0 Å². The van der Waals surface area contributed by atoms with E-state index in [-0.39, 0.29) is 25.6 Å². The van der Waals surface area contributed by atoms with Crippen LogP contribution in [0, 0.1) is 0 Å². The number of amides is 2. The average Bonchev–Trinajstić information content (AvgIpc) is 3.14. The highest BCUT2D eigenvalue weighted by atomic mass is 16.5. The highest BCUT2D eigenvalue weighted by Crippen LogP contribution is 2.44. The van der Waals surface area contributed by atoms with Gasteiger partial charge in [0.15, 0.2) is 0 Å². The molecular formula is C24H28N2O7. The van der Waals surface area contributed by atoms with Crippen LogP contribution in [-0.2, 0) is 19.1 Å². The van der Waals surface area contributed by atoms with Gasteiger partial charge in [-0.1, -0.05) is 55.5 Å². The zero-order valence-corrected chi connectivity index (χ0v) is 18.5. The summed E-state index contributed by atoms with van der Waals surface area (Å²) in [7, 11) is 1.36. The number of aliphatic hydroxyl groups excluding tert-OH is 1. The zero-order valence-electron chi connectivity index (χ0n) is 18.5. The maximum absolute atomic E-state index is 12.8. The molecule has 1 aliphatic rings. The number of fused-ring (bicyclic) bond motifs is 3. The standard InChI is InChI=1S/C24H28N2O7/c1-3-24(14-32-2,22(30)25-20(12-27)21(28)29)26-23(31)33-13-19-17-10-6-4-8-15(17)16-9-5-7-11-18(16)19/h4-11,19-20,27H,3,12-14H2,1-2H3,(H,25,30)(H,26,31)(H,28,29). The van der Waals surface area contributed by atoms with Crippen molar-refractivity contribution >= 4 is 18.0 Å². The summed E-state index contributed by atoms with van der Waals surface area (Å²) in [5, 5.41) is 23.1. The topological polar surface area (TPSA) is 134 Å². The van der Waals surface area contributed by atoms with Gasteiger partial charge in [0.1, 0.15) is 18.2 Å². The summed E-state index contributed by atoms with van der Waals surface area (Å²) in [6, 6.07) is 14.3. The highest BCUT2D eigenvalue weighted by Gasteiger charge is 2.41. The van der Waals surface area contributed by atoms with E-state index in [4.69, 9.17) is 14.6 Å². The number of hydrogen-bond acceptors (Lipinski definition) is 6. The van der Waals surface area contributed by atoms with Gasteiger partial charge in [0.2, 0.25) is 5.91 Å². The van der Waals surface area contributed by atoms with E-state index >= 15 is 0 Å². The van der Waals surface area contributed by atoms with Crippen molar-refractivity contribution in [3.05, 3.63) is 59.7 Å². The molecular weight excluding hydrogens is 428 g/mol. The van der Waals surface area contributed by atoms with E-state index in [9.17, 15) is 19.5 Å². The number of hydrogen-bond donors (Lipinski definition) is 4. The van der Waals surface area contributed by atoms with Gasteiger partial charge < -0.3 is 30.3 Å². The quantitative estimate of drug-likeness (QED) is 0.429. The van der Waals surface area contributed by atoms with Crippen molar-refractivity contribution in [3.63, 3.8) is 0 Å². The summed E-state index contributed by atoms with van der Waals surface area (Å²) in [5.41, 5.74) is 2.71. The van der Waals surface area contributed by atoms with Crippen LogP contribution in [0.1, 0.15) is 30.4 Å². The normalized spacial score (nSPS) is 15.0. The van der Waals surface area contributed by atoms with Crippen molar-refractivity contribution in [1.82, 2.24) is 10.6 Å². The molecule has 2 aromatic rings. The van der Waals surface area contributed by atoms with E-state index in [1.807, 2.05) is 48.5 Å². The first-order valence-corrected chi connectivity index (χ1v) is 10.6. The Kier molecular flexibility index (Phi) is 7.67. The molecule has 33 heavy (non-hydrogen) atoms. The van der Waals surface area contributed by atoms with E-state index in [1.165, 1.54) is 7.11 Å². The van der Waals surface area contributed by atoms with Crippen LogP contribution in [0.25, 0.3) is 11.1 Å². The first-order chi connectivity index (χ1) is 15.9. The molecule has 4 N–H and O–H groups in total. The van der Waals surface area contributed by atoms with E-state index < -0.39 is 36.2 Å². The summed E-state index contributed by atoms with van der Waals surface area (Å²) in [6.45, 7) is 0.704. The molecule has 176 valence electrons. The van der Waals surface area contributed by atoms with E-state index in [2.05, 4.69) is 10.6 Å². The lowest BCUT2D eigenvalue weighted by Gasteiger charge is -2.32. The van der Waals surface area contributed by atoms with Gasteiger partial charge in [-0.2, -0.15) is 0 Å². The summed E-state index contributed by atoms with van der Waals surface area (Å²) in [6.07, 6.45) is -0.726. The Labute approximate surface area is 191 Å². The molecule has 0 saturated carbocycles. The predicted octanol–water partition coefficient (Wildman–Crippen LogP) is 1.88. The molecule has 0 heterocycles. The third-order valence-electron chi connectivity index (χ3n) is 5.90. The third kappa shape index (κ3) is 4.99. The Morgan fingerprint density at radius 2 is 1.64 bits per heavy atom. The molecule has 0 fully saturated rings. The Morgan fingerprint density at radius 1 is 1.06 bits per heavy atom. The van der Waals surface area contributed by atoms with Crippen LogP contribution in [-0.4, -0.2) is 66.7 Å².